The summed E-state index contributed by atoms with van der Waals surface area (Å²) in [6.07, 6.45) is 4.00. The SMILES string of the molecule is CC1(C)CCC(C(NN)c2c(F)cccc2F)CC1. The molecule has 0 radical (unpaired) electrons. The largest absolute Gasteiger partial charge is 0.271 e. The first kappa shape index (κ1) is 14.4. The smallest absolute Gasteiger partial charge is 0.130 e. The average molecular weight is 268 g/mol. The third kappa shape index (κ3) is 3.12. The van der Waals surface area contributed by atoms with E-state index in [1.54, 1.807) is 0 Å². The number of benzene rings is 1. The molecule has 0 amide bonds. The van der Waals surface area contributed by atoms with Gasteiger partial charge in [0.2, 0.25) is 0 Å². The van der Waals surface area contributed by atoms with Crippen molar-refractivity contribution >= 4 is 0 Å². The quantitative estimate of drug-likeness (QED) is 0.648. The van der Waals surface area contributed by atoms with Crippen molar-refractivity contribution in [2.75, 3.05) is 0 Å². The van der Waals surface area contributed by atoms with Crippen molar-refractivity contribution < 1.29 is 8.78 Å². The van der Waals surface area contributed by atoms with Crippen molar-refractivity contribution in [3.63, 3.8) is 0 Å². The van der Waals surface area contributed by atoms with Gasteiger partial charge in [-0.15, -0.1) is 0 Å². The summed E-state index contributed by atoms with van der Waals surface area (Å²) in [5, 5.41) is 0. The van der Waals surface area contributed by atoms with Crippen LogP contribution in [0.5, 0.6) is 0 Å². The molecule has 1 aliphatic carbocycles. The molecule has 1 aromatic rings. The third-order valence-electron chi connectivity index (χ3n) is 4.35. The molecule has 2 nitrogen and oxygen atoms in total. The molecule has 1 unspecified atom stereocenters. The highest BCUT2D eigenvalue weighted by atomic mass is 19.1. The van der Waals surface area contributed by atoms with Gasteiger partial charge in [0.05, 0.1) is 6.04 Å². The van der Waals surface area contributed by atoms with E-state index in [0.717, 1.165) is 25.7 Å². The Morgan fingerprint density at radius 2 is 1.74 bits per heavy atom. The molecule has 1 fully saturated rings. The van der Waals surface area contributed by atoms with Crippen molar-refractivity contribution in [1.82, 2.24) is 5.43 Å². The minimum absolute atomic E-state index is 0.0784. The van der Waals surface area contributed by atoms with Crippen LogP contribution in [0, 0.1) is 23.0 Å². The van der Waals surface area contributed by atoms with E-state index in [4.69, 9.17) is 5.84 Å². The standard InChI is InChI=1S/C15H22F2N2/c1-15(2)8-6-10(7-9-15)14(19-18)13-11(16)4-3-5-12(13)17/h3-5,10,14,19H,6-9,18H2,1-2H3. The Morgan fingerprint density at radius 1 is 1.21 bits per heavy atom. The predicted molar refractivity (Wildman–Crippen MR) is 72.2 cm³/mol. The molecule has 0 aromatic heterocycles. The van der Waals surface area contributed by atoms with Crippen LogP contribution in [-0.2, 0) is 0 Å². The summed E-state index contributed by atoms with van der Waals surface area (Å²) in [6, 6.07) is 3.51. The Labute approximate surface area is 113 Å². The molecule has 0 aliphatic heterocycles. The highest BCUT2D eigenvalue weighted by Crippen LogP contribution is 2.43. The molecule has 0 spiro atoms. The van der Waals surface area contributed by atoms with Crippen LogP contribution in [0.3, 0.4) is 0 Å². The van der Waals surface area contributed by atoms with Crippen molar-refractivity contribution in [2.45, 2.75) is 45.6 Å². The van der Waals surface area contributed by atoms with Gasteiger partial charge in [-0.1, -0.05) is 19.9 Å². The number of nitrogens with one attached hydrogen (secondary N) is 1. The van der Waals surface area contributed by atoms with E-state index in [1.807, 2.05) is 0 Å². The minimum atomic E-state index is -0.521. The van der Waals surface area contributed by atoms with E-state index < -0.39 is 17.7 Å². The lowest BCUT2D eigenvalue weighted by molar-refractivity contribution is 0.158. The van der Waals surface area contributed by atoms with Gasteiger partial charge in [-0.05, 0) is 49.1 Å². The normalized spacial score (nSPS) is 21.3. The molecule has 4 heteroatoms. The van der Waals surface area contributed by atoms with E-state index in [-0.39, 0.29) is 11.5 Å². The molecular weight excluding hydrogens is 246 g/mol. The second kappa shape index (κ2) is 5.55. The highest BCUT2D eigenvalue weighted by molar-refractivity contribution is 5.24. The van der Waals surface area contributed by atoms with E-state index in [9.17, 15) is 8.78 Å². The average Bonchev–Trinajstić information content (AvgIpc) is 2.35. The number of hydrogen-bond acceptors (Lipinski definition) is 2. The fourth-order valence-corrected chi connectivity index (χ4v) is 3.02. The summed E-state index contributed by atoms with van der Waals surface area (Å²) in [4.78, 5) is 0. The first-order chi connectivity index (χ1) is 8.94. The van der Waals surface area contributed by atoms with Crippen molar-refractivity contribution in [2.24, 2.45) is 17.2 Å². The number of hydrogen-bond donors (Lipinski definition) is 2. The fourth-order valence-electron chi connectivity index (χ4n) is 3.02. The Bertz CT molecular complexity index is 416. The summed E-state index contributed by atoms with van der Waals surface area (Å²) >= 11 is 0. The van der Waals surface area contributed by atoms with Gasteiger partial charge in [-0.25, -0.2) is 8.78 Å². The lowest BCUT2D eigenvalue weighted by Crippen LogP contribution is -2.37. The maximum Gasteiger partial charge on any atom is 0.130 e. The summed E-state index contributed by atoms with van der Waals surface area (Å²) in [7, 11) is 0. The summed E-state index contributed by atoms with van der Waals surface area (Å²) < 4.78 is 27.7. The first-order valence-corrected chi connectivity index (χ1v) is 6.84. The maximum atomic E-state index is 13.9. The van der Waals surface area contributed by atoms with Gasteiger partial charge in [0.25, 0.3) is 0 Å². The number of nitrogens with two attached hydrogens (primary N) is 1. The van der Waals surface area contributed by atoms with Gasteiger partial charge in [0, 0.05) is 5.56 Å². The van der Waals surface area contributed by atoms with E-state index >= 15 is 0 Å². The minimum Gasteiger partial charge on any atom is -0.271 e. The van der Waals surface area contributed by atoms with E-state index in [2.05, 4.69) is 19.3 Å². The van der Waals surface area contributed by atoms with Crippen molar-refractivity contribution in [3.05, 3.63) is 35.4 Å². The van der Waals surface area contributed by atoms with Gasteiger partial charge in [-0.2, -0.15) is 0 Å². The molecule has 2 rings (SSSR count). The van der Waals surface area contributed by atoms with Crippen LogP contribution in [0.4, 0.5) is 8.78 Å². The van der Waals surface area contributed by atoms with Crippen LogP contribution in [-0.4, -0.2) is 0 Å². The molecule has 19 heavy (non-hydrogen) atoms. The summed E-state index contributed by atoms with van der Waals surface area (Å²) in [5.74, 6) is 4.70. The van der Waals surface area contributed by atoms with Gasteiger partial charge < -0.3 is 0 Å². The van der Waals surface area contributed by atoms with E-state index in [0.29, 0.717) is 5.41 Å². The molecule has 1 saturated carbocycles. The Kier molecular flexibility index (Phi) is 4.21. The van der Waals surface area contributed by atoms with Gasteiger partial charge in [0.1, 0.15) is 11.6 Å². The molecule has 1 aromatic carbocycles. The van der Waals surface area contributed by atoms with E-state index in [1.165, 1.54) is 18.2 Å². The monoisotopic (exact) mass is 268 g/mol. The topological polar surface area (TPSA) is 38.0 Å². The van der Waals surface area contributed by atoms with Gasteiger partial charge >= 0.3 is 0 Å². The fraction of sp³-hybridized carbons (Fsp3) is 0.600. The van der Waals surface area contributed by atoms with Crippen molar-refractivity contribution in [1.29, 1.82) is 0 Å². The van der Waals surface area contributed by atoms with Crippen LogP contribution >= 0.6 is 0 Å². The number of hydrazine groups is 1. The maximum absolute atomic E-state index is 13.9. The molecule has 3 N–H and O–H groups in total. The molecule has 1 atom stereocenters. The highest BCUT2D eigenvalue weighted by Gasteiger charge is 2.33. The molecule has 0 bridgehead atoms. The van der Waals surface area contributed by atoms with Crippen LogP contribution in [0.1, 0.15) is 51.1 Å². The van der Waals surface area contributed by atoms with Crippen molar-refractivity contribution in [3.8, 4) is 0 Å². The Hall–Kier alpha value is -1.00. The zero-order valence-electron chi connectivity index (χ0n) is 11.5. The van der Waals surface area contributed by atoms with Gasteiger partial charge in [-0.3, -0.25) is 11.3 Å². The van der Waals surface area contributed by atoms with Gasteiger partial charge in [0.15, 0.2) is 0 Å². The lowest BCUT2D eigenvalue weighted by atomic mass is 9.70. The second-order valence-corrected chi connectivity index (χ2v) is 6.28. The van der Waals surface area contributed by atoms with Crippen LogP contribution in [0.15, 0.2) is 18.2 Å². The molecule has 106 valence electrons. The zero-order chi connectivity index (χ0) is 14.0. The third-order valence-corrected chi connectivity index (χ3v) is 4.35. The molecular formula is C15H22F2N2. The number of rotatable bonds is 3. The first-order valence-electron chi connectivity index (χ1n) is 6.84. The summed E-state index contributed by atoms with van der Waals surface area (Å²) in [6.45, 7) is 4.47. The summed E-state index contributed by atoms with van der Waals surface area (Å²) in [5.41, 5.74) is 3.02. The lowest BCUT2D eigenvalue weighted by Gasteiger charge is -2.38. The molecule has 1 aliphatic rings. The second-order valence-electron chi connectivity index (χ2n) is 6.28. The predicted octanol–water partition coefficient (Wildman–Crippen LogP) is 3.69. The van der Waals surface area contributed by atoms with Crippen LogP contribution < -0.4 is 11.3 Å². The zero-order valence-corrected chi connectivity index (χ0v) is 11.5. The van der Waals surface area contributed by atoms with Crippen LogP contribution in [0.2, 0.25) is 0 Å². The Balaban J connectivity index is 2.21. The molecule has 0 saturated heterocycles. The Morgan fingerprint density at radius 3 is 2.21 bits per heavy atom. The molecule has 0 heterocycles. The number of halogens is 2. The van der Waals surface area contributed by atoms with Crippen LogP contribution in [0.25, 0.3) is 0 Å².